The van der Waals surface area contributed by atoms with Crippen molar-refractivity contribution in [1.29, 1.82) is 0 Å². The Balaban J connectivity index is 1.22. The van der Waals surface area contributed by atoms with Gasteiger partial charge in [-0.1, -0.05) is 29.4 Å². The summed E-state index contributed by atoms with van der Waals surface area (Å²) in [5.74, 6) is 0.846. The Hall–Kier alpha value is -2.49. The van der Waals surface area contributed by atoms with Crippen LogP contribution in [0, 0.1) is 0 Å². The van der Waals surface area contributed by atoms with E-state index in [1.165, 1.54) is 0 Å². The van der Waals surface area contributed by atoms with Crippen molar-refractivity contribution in [2.45, 2.75) is 11.9 Å². The lowest BCUT2D eigenvalue weighted by molar-refractivity contribution is 0.251. The average Bonchev–Trinajstić information content (AvgIpc) is 3.31. The predicted octanol–water partition coefficient (Wildman–Crippen LogP) is 4.43. The fraction of sp³-hybridized carbons (Fsp3) is 0.167. The molecule has 3 aromatic rings. The van der Waals surface area contributed by atoms with Gasteiger partial charge in [-0.05, 0) is 36.1 Å². The smallest absolute Gasteiger partial charge is 0.321 e. The van der Waals surface area contributed by atoms with Crippen molar-refractivity contribution >= 4 is 62.5 Å². The van der Waals surface area contributed by atoms with Gasteiger partial charge in [-0.3, -0.25) is 0 Å². The van der Waals surface area contributed by atoms with Gasteiger partial charge in [-0.25, -0.2) is 14.8 Å². The summed E-state index contributed by atoms with van der Waals surface area (Å²) in [5, 5.41) is 15.8. The minimum absolute atomic E-state index is 0.211. The normalized spacial score (nSPS) is 15.8. The van der Waals surface area contributed by atoms with Crippen molar-refractivity contribution in [1.82, 2.24) is 20.6 Å². The van der Waals surface area contributed by atoms with Gasteiger partial charge in [0.05, 0.1) is 5.39 Å². The summed E-state index contributed by atoms with van der Waals surface area (Å²) in [7, 11) is 0. The van der Waals surface area contributed by atoms with E-state index < -0.39 is 0 Å². The first-order chi connectivity index (χ1) is 13.7. The van der Waals surface area contributed by atoms with Crippen molar-refractivity contribution < 1.29 is 4.79 Å². The Morgan fingerprint density at radius 1 is 1.29 bits per heavy atom. The number of hydrogen-bond acceptors (Lipinski definition) is 7. The number of urea groups is 1. The van der Waals surface area contributed by atoms with Crippen LogP contribution < -0.4 is 21.3 Å². The van der Waals surface area contributed by atoms with Crippen molar-refractivity contribution in [2.24, 2.45) is 0 Å². The second-order valence-electron chi connectivity index (χ2n) is 5.92. The van der Waals surface area contributed by atoms with Crippen molar-refractivity contribution in [3.63, 3.8) is 0 Å². The molecule has 1 unspecified atom stereocenters. The number of anilines is 2. The minimum Gasteiger partial charge on any atom is -0.369 e. The maximum atomic E-state index is 12.1. The van der Waals surface area contributed by atoms with E-state index in [4.69, 9.17) is 11.6 Å². The molecule has 144 valence electrons. The molecule has 3 heterocycles. The van der Waals surface area contributed by atoms with Crippen LogP contribution in [0.15, 0.2) is 53.1 Å². The third-order valence-corrected chi connectivity index (χ3v) is 6.11. The van der Waals surface area contributed by atoms with E-state index in [2.05, 4.69) is 31.2 Å². The quantitative estimate of drug-likeness (QED) is 0.460. The van der Waals surface area contributed by atoms with Crippen molar-refractivity contribution in [3.05, 3.63) is 58.2 Å². The van der Waals surface area contributed by atoms with Gasteiger partial charge in [-0.15, -0.1) is 11.3 Å². The average molecular weight is 433 g/mol. The van der Waals surface area contributed by atoms with E-state index in [1.54, 1.807) is 53.7 Å². The number of thiophene rings is 1. The number of aromatic nitrogens is 2. The van der Waals surface area contributed by atoms with Crippen LogP contribution in [-0.4, -0.2) is 28.0 Å². The Labute approximate surface area is 175 Å². The molecule has 0 radical (unpaired) electrons. The summed E-state index contributed by atoms with van der Waals surface area (Å²) in [5.41, 5.74) is 0.437. The van der Waals surface area contributed by atoms with Crippen LogP contribution in [0.1, 0.15) is 6.42 Å². The van der Waals surface area contributed by atoms with Gasteiger partial charge in [0, 0.05) is 28.4 Å². The third kappa shape index (κ3) is 4.67. The standard InChI is InChI=1S/C18H17ClN6OS2/c19-11-2-1-3-12(8-11)24-17(26)25-18-21-9-13(28-18)4-6-20-15-14-5-7-27-16(14)23-10-22-15/h1-3,5,7-10,18,21H,4,6H2,(H,20,22,23)(H2,24,25,26). The molecule has 0 aliphatic carbocycles. The van der Waals surface area contributed by atoms with Gasteiger partial charge >= 0.3 is 6.03 Å². The van der Waals surface area contributed by atoms with E-state index in [9.17, 15) is 4.79 Å². The zero-order chi connectivity index (χ0) is 19.3. The molecule has 4 N–H and O–H groups in total. The van der Waals surface area contributed by atoms with E-state index in [-0.39, 0.29) is 11.5 Å². The summed E-state index contributed by atoms with van der Waals surface area (Å²) in [6.45, 7) is 0.740. The van der Waals surface area contributed by atoms with E-state index in [0.29, 0.717) is 10.7 Å². The largest absolute Gasteiger partial charge is 0.369 e. The predicted molar refractivity (Wildman–Crippen MR) is 117 cm³/mol. The number of hydrogen-bond donors (Lipinski definition) is 4. The summed E-state index contributed by atoms with van der Waals surface area (Å²) in [6.07, 6.45) is 4.32. The van der Waals surface area contributed by atoms with E-state index in [1.807, 2.05) is 17.6 Å². The van der Waals surface area contributed by atoms with Crippen LogP contribution in [0.4, 0.5) is 16.3 Å². The van der Waals surface area contributed by atoms with Crippen LogP contribution in [0.25, 0.3) is 10.2 Å². The molecule has 1 aromatic carbocycles. The minimum atomic E-state index is -0.291. The third-order valence-electron chi connectivity index (χ3n) is 3.94. The van der Waals surface area contributed by atoms with Crippen LogP contribution in [0.5, 0.6) is 0 Å². The molecule has 7 nitrogen and oxygen atoms in total. The van der Waals surface area contributed by atoms with Crippen LogP contribution in [0.3, 0.4) is 0 Å². The van der Waals surface area contributed by atoms with Gasteiger partial charge in [0.25, 0.3) is 0 Å². The zero-order valence-corrected chi connectivity index (χ0v) is 17.0. The molecule has 28 heavy (non-hydrogen) atoms. The number of carbonyl (C=O) groups excluding carboxylic acids is 1. The van der Waals surface area contributed by atoms with Gasteiger partial charge < -0.3 is 21.3 Å². The summed E-state index contributed by atoms with van der Waals surface area (Å²) >= 11 is 9.10. The lowest BCUT2D eigenvalue weighted by Gasteiger charge is -2.14. The number of halogens is 1. The highest BCUT2D eigenvalue weighted by atomic mass is 35.5. The number of rotatable bonds is 6. The van der Waals surface area contributed by atoms with Gasteiger partial charge in [0.1, 0.15) is 17.0 Å². The molecule has 0 saturated carbocycles. The molecular formula is C18H17ClN6OS2. The monoisotopic (exact) mass is 432 g/mol. The van der Waals surface area contributed by atoms with Crippen molar-refractivity contribution in [2.75, 3.05) is 17.2 Å². The molecule has 2 aromatic heterocycles. The molecule has 0 fully saturated rings. The molecule has 1 atom stereocenters. The highest BCUT2D eigenvalue weighted by Gasteiger charge is 2.19. The molecule has 0 spiro atoms. The van der Waals surface area contributed by atoms with Gasteiger partial charge in [-0.2, -0.15) is 0 Å². The summed E-state index contributed by atoms with van der Waals surface area (Å²) < 4.78 is 0. The number of thioether (sulfide) groups is 1. The fourth-order valence-corrected chi connectivity index (χ4v) is 4.56. The highest BCUT2D eigenvalue weighted by Crippen LogP contribution is 2.28. The molecule has 0 bridgehead atoms. The SMILES string of the molecule is O=C(Nc1cccc(Cl)c1)NC1NC=C(CCNc2ncnc3sccc23)S1. The maximum Gasteiger partial charge on any atom is 0.321 e. The Morgan fingerprint density at radius 3 is 3.11 bits per heavy atom. The zero-order valence-electron chi connectivity index (χ0n) is 14.6. The van der Waals surface area contributed by atoms with E-state index in [0.717, 1.165) is 33.9 Å². The fourth-order valence-electron chi connectivity index (χ4n) is 2.68. The Kier molecular flexibility index (Phi) is 5.84. The number of nitrogens with zero attached hydrogens (tertiary/aromatic N) is 2. The highest BCUT2D eigenvalue weighted by molar-refractivity contribution is 8.03. The first-order valence-electron chi connectivity index (χ1n) is 8.54. The molecule has 1 aliphatic heterocycles. The molecule has 4 rings (SSSR count). The number of nitrogens with one attached hydrogen (secondary N) is 4. The van der Waals surface area contributed by atoms with E-state index >= 15 is 0 Å². The first-order valence-corrected chi connectivity index (χ1v) is 10.7. The lowest BCUT2D eigenvalue weighted by Crippen LogP contribution is -2.41. The molecule has 10 heteroatoms. The molecule has 1 aliphatic rings. The topological polar surface area (TPSA) is 91.0 Å². The first kappa shape index (κ1) is 18.9. The molecule has 0 saturated heterocycles. The number of fused-ring (bicyclic) bond motifs is 1. The maximum absolute atomic E-state index is 12.1. The van der Waals surface area contributed by atoms with Gasteiger partial charge in [0.2, 0.25) is 0 Å². The molecule has 2 amide bonds. The second-order valence-corrected chi connectivity index (χ2v) is 8.48. The Morgan fingerprint density at radius 2 is 2.21 bits per heavy atom. The second kappa shape index (κ2) is 8.68. The van der Waals surface area contributed by atoms with Gasteiger partial charge in [0.15, 0.2) is 5.50 Å². The Bertz CT molecular complexity index is 1020. The number of benzene rings is 1. The number of carbonyl (C=O) groups is 1. The van der Waals surface area contributed by atoms with Crippen molar-refractivity contribution in [3.8, 4) is 0 Å². The summed E-state index contributed by atoms with van der Waals surface area (Å²) in [6, 6.07) is 8.76. The van der Waals surface area contributed by atoms with Crippen LogP contribution in [0.2, 0.25) is 5.02 Å². The number of amides is 2. The molecular weight excluding hydrogens is 416 g/mol. The van der Waals surface area contributed by atoms with Crippen LogP contribution >= 0.6 is 34.7 Å². The summed E-state index contributed by atoms with van der Waals surface area (Å²) in [4.78, 5) is 22.8. The lowest BCUT2D eigenvalue weighted by atomic mass is 10.3. The van der Waals surface area contributed by atoms with Crippen LogP contribution in [-0.2, 0) is 0 Å².